The topological polar surface area (TPSA) is 28.2 Å². The Kier molecular flexibility index (Phi) is 5.84. The number of aryl methyl sites for hydroxylation is 1. The third-order valence-corrected chi connectivity index (χ3v) is 4.26. The molecule has 2 rings (SSSR count). The third kappa shape index (κ3) is 3.95. The second-order valence-corrected chi connectivity index (χ2v) is 6.02. The van der Waals surface area contributed by atoms with Crippen molar-refractivity contribution in [2.75, 3.05) is 24.5 Å². The van der Waals surface area contributed by atoms with Crippen molar-refractivity contribution in [3.63, 3.8) is 0 Å². The van der Waals surface area contributed by atoms with Crippen molar-refractivity contribution < 1.29 is 0 Å². The van der Waals surface area contributed by atoms with Gasteiger partial charge in [0.25, 0.3) is 0 Å². The molecule has 2 heterocycles. The molecule has 0 aromatic carbocycles. The van der Waals surface area contributed by atoms with E-state index >= 15 is 0 Å². The molecule has 1 fully saturated rings. The highest BCUT2D eigenvalue weighted by molar-refractivity contribution is 5.47. The van der Waals surface area contributed by atoms with Crippen LogP contribution in [0.4, 0.5) is 5.82 Å². The maximum atomic E-state index is 4.74. The summed E-state index contributed by atoms with van der Waals surface area (Å²) in [4.78, 5) is 7.22. The smallest absolute Gasteiger partial charge is 0.131 e. The second kappa shape index (κ2) is 7.63. The zero-order valence-electron chi connectivity index (χ0n) is 13.3. The van der Waals surface area contributed by atoms with E-state index in [9.17, 15) is 0 Å². The highest BCUT2D eigenvalue weighted by Crippen LogP contribution is 2.26. The Hall–Kier alpha value is -1.09. The maximum absolute atomic E-state index is 4.74. The molecule has 0 amide bonds. The fraction of sp³-hybridized carbons (Fsp3) is 0.706. The van der Waals surface area contributed by atoms with Crippen LogP contribution in [0.2, 0.25) is 0 Å². The van der Waals surface area contributed by atoms with E-state index in [4.69, 9.17) is 4.98 Å². The first-order valence-electron chi connectivity index (χ1n) is 8.15. The van der Waals surface area contributed by atoms with Crippen LogP contribution in [0, 0.1) is 12.8 Å². The molecule has 3 heteroatoms. The molecule has 0 radical (unpaired) electrons. The zero-order chi connectivity index (χ0) is 14.4. The molecule has 1 saturated heterocycles. The molecule has 1 aromatic rings. The molecule has 0 aliphatic carbocycles. The Balaban J connectivity index is 2.01. The monoisotopic (exact) mass is 275 g/mol. The van der Waals surface area contributed by atoms with Gasteiger partial charge < -0.3 is 10.2 Å². The quantitative estimate of drug-likeness (QED) is 0.805. The lowest BCUT2D eigenvalue weighted by Gasteiger charge is -2.34. The van der Waals surface area contributed by atoms with Gasteiger partial charge in [-0.1, -0.05) is 20.3 Å². The lowest BCUT2D eigenvalue weighted by atomic mass is 9.95. The molecule has 3 nitrogen and oxygen atoms in total. The van der Waals surface area contributed by atoms with Gasteiger partial charge in [-0.3, -0.25) is 0 Å². The molecule has 1 atom stereocenters. The molecule has 0 spiro atoms. The fourth-order valence-electron chi connectivity index (χ4n) is 3.05. The molecule has 1 aromatic heterocycles. The summed E-state index contributed by atoms with van der Waals surface area (Å²) < 4.78 is 0. The summed E-state index contributed by atoms with van der Waals surface area (Å²) in [6, 6.07) is 2.29. The van der Waals surface area contributed by atoms with Gasteiger partial charge >= 0.3 is 0 Å². The van der Waals surface area contributed by atoms with Crippen LogP contribution in [0.3, 0.4) is 0 Å². The van der Waals surface area contributed by atoms with E-state index < -0.39 is 0 Å². The van der Waals surface area contributed by atoms with Crippen LogP contribution in [0.15, 0.2) is 12.3 Å². The molecule has 0 saturated carbocycles. The van der Waals surface area contributed by atoms with Gasteiger partial charge in [0.1, 0.15) is 5.82 Å². The Morgan fingerprint density at radius 2 is 2.25 bits per heavy atom. The highest BCUT2D eigenvalue weighted by Gasteiger charge is 2.20. The van der Waals surface area contributed by atoms with Gasteiger partial charge in [0, 0.05) is 25.8 Å². The standard InChI is InChI=1S/C17H29N3/c1-4-8-18-11-16-10-14(3)17(19-12-16)20-9-6-7-15(5-2)13-20/h10,12,15,18H,4-9,11,13H2,1-3H3. The van der Waals surface area contributed by atoms with E-state index in [-0.39, 0.29) is 0 Å². The van der Waals surface area contributed by atoms with Gasteiger partial charge in [0.15, 0.2) is 0 Å². The summed E-state index contributed by atoms with van der Waals surface area (Å²) in [5.74, 6) is 2.04. The van der Waals surface area contributed by atoms with Crippen LogP contribution in [0.25, 0.3) is 0 Å². The summed E-state index contributed by atoms with van der Waals surface area (Å²) in [6.07, 6.45) is 7.19. The molecule has 0 bridgehead atoms. The third-order valence-electron chi connectivity index (χ3n) is 4.26. The van der Waals surface area contributed by atoms with Crippen LogP contribution < -0.4 is 10.2 Å². The van der Waals surface area contributed by atoms with E-state index in [1.165, 1.54) is 49.2 Å². The van der Waals surface area contributed by atoms with Crippen LogP contribution in [0.5, 0.6) is 0 Å². The number of nitrogens with zero attached hydrogens (tertiary/aromatic N) is 2. The van der Waals surface area contributed by atoms with E-state index in [0.29, 0.717) is 0 Å². The van der Waals surface area contributed by atoms with Crippen molar-refractivity contribution in [3.05, 3.63) is 23.4 Å². The number of aromatic nitrogens is 1. The van der Waals surface area contributed by atoms with Crippen molar-refractivity contribution in [3.8, 4) is 0 Å². The Bertz CT molecular complexity index is 417. The van der Waals surface area contributed by atoms with Crippen molar-refractivity contribution in [2.45, 2.75) is 53.0 Å². The average molecular weight is 275 g/mol. The van der Waals surface area contributed by atoms with E-state index in [1.807, 2.05) is 6.20 Å². The van der Waals surface area contributed by atoms with Gasteiger partial charge in [0.2, 0.25) is 0 Å². The average Bonchev–Trinajstić information content (AvgIpc) is 2.48. The van der Waals surface area contributed by atoms with E-state index in [0.717, 1.165) is 25.6 Å². The number of hydrogen-bond donors (Lipinski definition) is 1. The first-order chi connectivity index (χ1) is 9.74. The number of anilines is 1. The van der Waals surface area contributed by atoms with Gasteiger partial charge in [-0.2, -0.15) is 0 Å². The van der Waals surface area contributed by atoms with E-state index in [1.54, 1.807) is 0 Å². The molecular weight excluding hydrogens is 246 g/mol. The summed E-state index contributed by atoms with van der Waals surface area (Å²) in [6.45, 7) is 11.0. The van der Waals surface area contributed by atoms with E-state index in [2.05, 4.69) is 37.1 Å². The molecule has 1 unspecified atom stereocenters. The van der Waals surface area contributed by atoms with Crippen LogP contribution in [-0.4, -0.2) is 24.6 Å². The van der Waals surface area contributed by atoms with Crippen molar-refractivity contribution in [1.82, 2.24) is 10.3 Å². The number of nitrogens with one attached hydrogen (secondary N) is 1. The minimum atomic E-state index is 0.843. The van der Waals surface area contributed by atoms with Crippen molar-refractivity contribution in [1.29, 1.82) is 0 Å². The summed E-state index contributed by atoms with van der Waals surface area (Å²) in [5.41, 5.74) is 2.61. The van der Waals surface area contributed by atoms with Crippen molar-refractivity contribution in [2.24, 2.45) is 5.92 Å². The summed E-state index contributed by atoms with van der Waals surface area (Å²) in [7, 11) is 0. The molecular formula is C17H29N3. The minimum absolute atomic E-state index is 0.843. The number of rotatable bonds is 6. The second-order valence-electron chi connectivity index (χ2n) is 6.02. The van der Waals surface area contributed by atoms with Crippen LogP contribution >= 0.6 is 0 Å². The Morgan fingerprint density at radius 3 is 2.95 bits per heavy atom. The van der Waals surface area contributed by atoms with Crippen LogP contribution in [-0.2, 0) is 6.54 Å². The molecule has 1 aliphatic heterocycles. The minimum Gasteiger partial charge on any atom is -0.356 e. The highest BCUT2D eigenvalue weighted by atomic mass is 15.2. The lowest BCUT2D eigenvalue weighted by molar-refractivity contribution is 0.402. The van der Waals surface area contributed by atoms with Gasteiger partial charge in [-0.15, -0.1) is 0 Å². The predicted octanol–water partition coefficient (Wildman–Crippen LogP) is 3.52. The first-order valence-corrected chi connectivity index (χ1v) is 8.15. The lowest BCUT2D eigenvalue weighted by Crippen LogP contribution is -2.36. The molecule has 20 heavy (non-hydrogen) atoms. The van der Waals surface area contributed by atoms with Gasteiger partial charge in [-0.05, 0) is 55.8 Å². The zero-order valence-corrected chi connectivity index (χ0v) is 13.3. The summed E-state index contributed by atoms with van der Waals surface area (Å²) in [5, 5.41) is 3.44. The Labute approximate surface area is 123 Å². The maximum Gasteiger partial charge on any atom is 0.131 e. The number of pyridine rings is 1. The van der Waals surface area contributed by atoms with Crippen LogP contribution in [0.1, 0.15) is 50.7 Å². The molecule has 1 aliphatic rings. The SMILES string of the molecule is CCCNCc1cnc(N2CCCC(CC)C2)c(C)c1. The van der Waals surface area contributed by atoms with Crippen molar-refractivity contribution >= 4 is 5.82 Å². The predicted molar refractivity (Wildman–Crippen MR) is 86.2 cm³/mol. The largest absolute Gasteiger partial charge is 0.356 e. The fourth-order valence-corrected chi connectivity index (χ4v) is 3.05. The molecule has 1 N–H and O–H groups in total. The van der Waals surface area contributed by atoms with Gasteiger partial charge in [0.05, 0.1) is 0 Å². The first kappa shape index (κ1) is 15.3. The Morgan fingerprint density at radius 1 is 1.40 bits per heavy atom. The summed E-state index contributed by atoms with van der Waals surface area (Å²) >= 11 is 0. The number of hydrogen-bond acceptors (Lipinski definition) is 3. The molecule has 112 valence electrons. The van der Waals surface area contributed by atoms with Gasteiger partial charge in [-0.25, -0.2) is 4.98 Å². The normalized spacial score (nSPS) is 19.4. The number of piperidine rings is 1.